The first-order valence-corrected chi connectivity index (χ1v) is 16.8. The van der Waals surface area contributed by atoms with Crippen molar-refractivity contribution in [1.29, 1.82) is 0 Å². The van der Waals surface area contributed by atoms with Crippen LogP contribution in [-0.2, 0) is 38.7 Å². The van der Waals surface area contributed by atoms with Crippen LogP contribution in [0.3, 0.4) is 0 Å². The predicted molar refractivity (Wildman–Crippen MR) is 172 cm³/mol. The first-order chi connectivity index (χ1) is 21.8. The highest BCUT2D eigenvalue weighted by Gasteiger charge is 2.36. The van der Waals surface area contributed by atoms with Crippen LogP contribution in [0, 0.1) is 17.8 Å². The molecule has 0 saturated carbocycles. The molecular weight excluding hydrogens is 618 g/mol. The van der Waals surface area contributed by atoms with Gasteiger partial charge >= 0.3 is 0 Å². The van der Waals surface area contributed by atoms with Gasteiger partial charge in [-0.15, -0.1) is 0 Å². The van der Waals surface area contributed by atoms with Gasteiger partial charge in [-0.1, -0.05) is 50.2 Å². The minimum atomic E-state index is -3.89. The molecule has 254 valence electrons. The third-order valence-corrected chi connectivity index (χ3v) is 8.42. The summed E-state index contributed by atoms with van der Waals surface area (Å²) in [5.74, 6) is -3.76. The zero-order valence-electron chi connectivity index (χ0n) is 26.0. The molecule has 2 heterocycles. The number of carbonyl (C=O) groups is 4. The Hall–Kier alpha value is -3.73. The number of fused-ring (bicyclic) bond motifs is 11. The molecule has 4 atom stereocenters. The van der Waals surface area contributed by atoms with Gasteiger partial charge in [0.2, 0.25) is 23.6 Å². The van der Waals surface area contributed by atoms with E-state index in [0.29, 0.717) is 31.6 Å². The van der Waals surface area contributed by atoms with Gasteiger partial charge in [-0.05, 0) is 54.0 Å². The van der Waals surface area contributed by atoms with E-state index in [9.17, 15) is 24.4 Å². The van der Waals surface area contributed by atoms with Crippen molar-refractivity contribution in [3.8, 4) is 5.75 Å². The zero-order valence-corrected chi connectivity index (χ0v) is 26.8. The summed E-state index contributed by atoms with van der Waals surface area (Å²) >= 11 is 0. The van der Waals surface area contributed by atoms with Crippen molar-refractivity contribution in [1.82, 2.24) is 21.4 Å². The second-order valence-electron chi connectivity index (χ2n) is 11.9. The van der Waals surface area contributed by atoms with E-state index in [4.69, 9.17) is 24.1 Å². The van der Waals surface area contributed by atoms with Crippen LogP contribution in [0.25, 0.3) is 0 Å². The van der Waals surface area contributed by atoms with Crippen molar-refractivity contribution in [2.75, 3.05) is 12.4 Å². The maximum absolute atomic E-state index is 13.7. The summed E-state index contributed by atoms with van der Waals surface area (Å²) in [6.45, 7) is 4.46. The Balaban J connectivity index is 1.71. The van der Waals surface area contributed by atoms with E-state index >= 15 is 0 Å². The Morgan fingerprint density at radius 2 is 1.59 bits per heavy atom. The Labute approximate surface area is 270 Å². The van der Waals surface area contributed by atoms with Crippen LogP contribution in [0.15, 0.2) is 48.5 Å². The SMILES string of the molecule is CC(C)C[C@H]1C(=O)N[C@H](C(=O)NCc2ccc(CNC(=O)C(N)CS(O)(O)O)cc2)Cc2ccc(cc2)OCCC[C@@H]1C(=O)NO. The monoisotopic (exact) mass is 663 g/mol. The summed E-state index contributed by atoms with van der Waals surface area (Å²) in [5.41, 5.74) is 9.55. The minimum absolute atomic E-state index is 0.0640. The van der Waals surface area contributed by atoms with Crippen molar-refractivity contribution in [2.24, 2.45) is 23.5 Å². The van der Waals surface area contributed by atoms with E-state index in [2.05, 4.69) is 16.0 Å². The summed E-state index contributed by atoms with van der Waals surface area (Å²) in [4.78, 5) is 51.9. The van der Waals surface area contributed by atoms with E-state index in [1.165, 1.54) is 0 Å². The van der Waals surface area contributed by atoms with Gasteiger partial charge in [0, 0.05) is 25.4 Å². The van der Waals surface area contributed by atoms with E-state index in [0.717, 1.165) is 16.7 Å². The van der Waals surface area contributed by atoms with Gasteiger partial charge in [-0.25, -0.2) is 5.48 Å². The topological polar surface area (TPSA) is 233 Å². The Bertz CT molecular complexity index is 1320. The fourth-order valence-corrected chi connectivity index (χ4v) is 5.86. The molecule has 0 radical (unpaired) electrons. The van der Waals surface area contributed by atoms with Crippen molar-refractivity contribution in [3.05, 3.63) is 65.2 Å². The minimum Gasteiger partial charge on any atom is -0.494 e. The highest BCUT2D eigenvalue weighted by atomic mass is 32.3. The van der Waals surface area contributed by atoms with Gasteiger partial charge in [0.1, 0.15) is 11.8 Å². The molecule has 4 rings (SSSR count). The molecule has 0 saturated heterocycles. The number of amides is 4. The van der Waals surface area contributed by atoms with E-state index in [1.807, 2.05) is 26.0 Å². The molecule has 0 fully saturated rings. The van der Waals surface area contributed by atoms with Crippen LogP contribution < -0.4 is 31.9 Å². The number of rotatable bonds is 11. The standard InChI is InChI=1S/C31H45N5O9S/c1-19(2)14-25-24(29(38)36-41)4-3-13-45-23-11-9-20(10-12-23)15-27(35-28(25)37)31(40)34-17-22-7-5-21(6-8-22)16-33-30(39)26(32)18-46(42,43)44/h5-12,19,24-27,41-44H,3-4,13-18,32H2,1-2H3,(H,33,39)(H,34,40)(H,35,37)(H,36,38)/t24-,25+,26?,27-/m0/s1. The van der Waals surface area contributed by atoms with Crippen LogP contribution in [0.4, 0.5) is 0 Å². The Morgan fingerprint density at radius 1 is 0.978 bits per heavy atom. The second-order valence-corrected chi connectivity index (χ2v) is 13.5. The fraction of sp³-hybridized carbons (Fsp3) is 0.484. The number of nitrogens with one attached hydrogen (secondary N) is 4. The first-order valence-electron chi connectivity index (χ1n) is 15.1. The van der Waals surface area contributed by atoms with Crippen molar-refractivity contribution in [2.45, 2.75) is 64.7 Å². The maximum Gasteiger partial charge on any atom is 0.247 e. The lowest BCUT2D eigenvalue weighted by molar-refractivity contribution is -0.142. The molecule has 0 aliphatic carbocycles. The van der Waals surface area contributed by atoms with Gasteiger partial charge in [0.15, 0.2) is 0 Å². The highest BCUT2D eigenvalue weighted by molar-refractivity contribution is 8.19. The number of ether oxygens (including phenoxy) is 1. The molecule has 1 unspecified atom stereocenters. The summed E-state index contributed by atoms with van der Waals surface area (Å²) in [7, 11) is -3.89. The van der Waals surface area contributed by atoms with Gasteiger partial charge in [0.25, 0.3) is 0 Å². The Kier molecular flexibility index (Phi) is 13.8. The molecule has 2 aliphatic heterocycles. The lowest BCUT2D eigenvalue weighted by Gasteiger charge is -2.29. The number of nitrogens with two attached hydrogens (primary N) is 1. The summed E-state index contributed by atoms with van der Waals surface area (Å²) in [5, 5.41) is 17.7. The molecule has 2 aromatic rings. The van der Waals surface area contributed by atoms with Crippen LogP contribution in [0.5, 0.6) is 5.75 Å². The molecule has 10 N–H and O–H groups in total. The van der Waals surface area contributed by atoms with Crippen LogP contribution in [0.1, 0.15) is 49.8 Å². The number of carbonyl (C=O) groups excluding carboxylic acids is 4. The highest BCUT2D eigenvalue weighted by Crippen LogP contribution is 2.32. The van der Waals surface area contributed by atoms with Gasteiger partial charge < -0.3 is 40.1 Å². The van der Waals surface area contributed by atoms with Crippen molar-refractivity contribution >= 4 is 34.5 Å². The van der Waals surface area contributed by atoms with Crippen LogP contribution in [0.2, 0.25) is 0 Å². The van der Waals surface area contributed by atoms with Crippen LogP contribution >= 0.6 is 10.9 Å². The van der Waals surface area contributed by atoms with Crippen molar-refractivity contribution in [3.63, 3.8) is 0 Å². The largest absolute Gasteiger partial charge is 0.494 e. The molecular formula is C31H45N5O9S. The molecule has 15 heteroatoms. The van der Waals surface area contributed by atoms with Gasteiger partial charge in [-0.3, -0.25) is 24.4 Å². The normalized spacial score (nSPS) is 20.1. The lowest BCUT2D eigenvalue weighted by Crippen LogP contribution is -2.51. The van der Waals surface area contributed by atoms with Crippen LogP contribution in [-0.4, -0.2) is 66.9 Å². The lowest BCUT2D eigenvalue weighted by atomic mass is 9.81. The summed E-state index contributed by atoms with van der Waals surface area (Å²) in [6.07, 6.45) is 1.34. The van der Waals surface area contributed by atoms with Gasteiger partial charge in [0.05, 0.1) is 35.2 Å². The average Bonchev–Trinajstić information content (AvgIpc) is 3.00. The summed E-state index contributed by atoms with van der Waals surface area (Å²) in [6, 6.07) is 12.0. The molecule has 2 bridgehead atoms. The molecule has 46 heavy (non-hydrogen) atoms. The molecule has 0 spiro atoms. The van der Waals surface area contributed by atoms with Gasteiger partial charge in [-0.2, -0.15) is 0 Å². The predicted octanol–water partition coefficient (Wildman–Crippen LogP) is 2.15. The smallest absolute Gasteiger partial charge is 0.247 e. The average molecular weight is 664 g/mol. The first kappa shape index (κ1) is 36.7. The van der Waals surface area contributed by atoms with E-state index in [-0.39, 0.29) is 25.4 Å². The number of hydrogen-bond acceptors (Lipinski definition) is 10. The van der Waals surface area contributed by atoms with Crippen molar-refractivity contribution < 1.29 is 42.8 Å². The molecule has 2 aromatic carbocycles. The maximum atomic E-state index is 13.7. The third kappa shape index (κ3) is 11.9. The number of hydroxylamine groups is 1. The second kappa shape index (κ2) is 17.3. The molecule has 14 nitrogen and oxygen atoms in total. The third-order valence-electron chi connectivity index (χ3n) is 7.62. The Morgan fingerprint density at radius 3 is 2.15 bits per heavy atom. The molecule has 0 aromatic heterocycles. The number of benzene rings is 2. The van der Waals surface area contributed by atoms with E-state index in [1.54, 1.807) is 41.9 Å². The quantitative estimate of drug-likeness (QED) is 0.126. The molecule has 4 amide bonds. The van der Waals surface area contributed by atoms with E-state index < -0.39 is 64.2 Å². The fourth-order valence-electron chi connectivity index (χ4n) is 5.22. The zero-order chi connectivity index (χ0) is 33.9. The summed E-state index contributed by atoms with van der Waals surface area (Å²) < 4.78 is 33.1. The number of hydrogen-bond donors (Lipinski definition) is 9. The molecule has 2 aliphatic rings.